The van der Waals surface area contributed by atoms with Crippen LogP contribution in [0.4, 0.5) is 10.5 Å². The number of nitrogens with one attached hydrogen (secondary N) is 1. The molecule has 6 heteroatoms. The Labute approximate surface area is 127 Å². The molecule has 0 saturated carbocycles. The van der Waals surface area contributed by atoms with Crippen molar-refractivity contribution >= 4 is 23.1 Å². The van der Waals surface area contributed by atoms with Gasteiger partial charge in [0.15, 0.2) is 0 Å². The summed E-state index contributed by atoms with van der Waals surface area (Å²) in [6.07, 6.45) is 3.37. The van der Waals surface area contributed by atoms with Gasteiger partial charge in [0.1, 0.15) is 5.01 Å². The highest BCUT2D eigenvalue weighted by Crippen LogP contribution is 2.24. The zero-order chi connectivity index (χ0) is 15.1. The summed E-state index contributed by atoms with van der Waals surface area (Å²) in [6, 6.07) is 7.25. The number of benzene rings is 1. The Morgan fingerprint density at radius 1 is 1.52 bits per heavy atom. The van der Waals surface area contributed by atoms with Crippen LogP contribution in [0.5, 0.6) is 0 Å². The van der Waals surface area contributed by atoms with Crippen molar-refractivity contribution in [3.05, 3.63) is 48.5 Å². The number of carbonyl (C=O) groups excluding carboxylic acids is 1. The molecular formula is C15H17N3O2S. The summed E-state index contributed by atoms with van der Waals surface area (Å²) in [6.45, 7) is 4.18. The highest BCUT2D eigenvalue weighted by atomic mass is 32.1. The van der Waals surface area contributed by atoms with E-state index in [2.05, 4.69) is 16.9 Å². The van der Waals surface area contributed by atoms with E-state index in [9.17, 15) is 4.79 Å². The predicted molar refractivity (Wildman–Crippen MR) is 85.4 cm³/mol. The van der Waals surface area contributed by atoms with E-state index < -0.39 is 0 Å². The molecule has 5 nitrogen and oxygen atoms in total. The zero-order valence-electron chi connectivity index (χ0n) is 11.5. The molecule has 0 aliphatic rings. The lowest BCUT2D eigenvalue weighted by atomic mass is 10.2. The Bertz CT molecular complexity index is 599. The molecule has 0 saturated heterocycles. The number of urea groups is 1. The van der Waals surface area contributed by atoms with Crippen molar-refractivity contribution in [2.45, 2.75) is 0 Å². The van der Waals surface area contributed by atoms with E-state index in [-0.39, 0.29) is 19.2 Å². The lowest BCUT2D eigenvalue weighted by Crippen LogP contribution is -2.37. The summed E-state index contributed by atoms with van der Waals surface area (Å²) in [5.74, 6) is 0. The van der Waals surface area contributed by atoms with E-state index in [1.54, 1.807) is 23.6 Å². The molecule has 1 aromatic heterocycles. The van der Waals surface area contributed by atoms with E-state index in [1.165, 1.54) is 4.90 Å². The van der Waals surface area contributed by atoms with Crippen molar-refractivity contribution in [3.63, 3.8) is 0 Å². The maximum Gasteiger partial charge on any atom is 0.322 e. The molecule has 2 N–H and O–H groups in total. The maximum absolute atomic E-state index is 12.1. The van der Waals surface area contributed by atoms with E-state index in [1.807, 2.05) is 29.6 Å². The minimum atomic E-state index is -0.264. The van der Waals surface area contributed by atoms with Gasteiger partial charge >= 0.3 is 6.03 Å². The number of carbonyl (C=O) groups is 1. The lowest BCUT2D eigenvalue weighted by Gasteiger charge is -2.20. The van der Waals surface area contributed by atoms with Gasteiger partial charge in [-0.2, -0.15) is 0 Å². The van der Waals surface area contributed by atoms with Crippen molar-refractivity contribution < 1.29 is 9.90 Å². The van der Waals surface area contributed by atoms with E-state index in [0.717, 1.165) is 10.6 Å². The molecule has 0 unspecified atom stereocenters. The predicted octanol–water partition coefficient (Wildman–Crippen LogP) is 2.82. The van der Waals surface area contributed by atoms with Crippen molar-refractivity contribution in [2.75, 3.05) is 25.0 Å². The number of aliphatic hydroxyl groups excluding tert-OH is 1. The standard InChI is InChI=1S/C15H17N3O2S/c1-2-7-18(8-9-19)15(20)17-13-5-3-4-12(11-13)14-16-6-10-21-14/h2-6,10-11,19H,1,7-9H2,(H,17,20). The van der Waals surface area contributed by atoms with Crippen LogP contribution in [-0.2, 0) is 0 Å². The molecule has 0 fully saturated rings. The van der Waals surface area contributed by atoms with Crippen LogP contribution >= 0.6 is 11.3 Å². The average Bonchev–Trinajstić information content (AvgIpc) is 3.01. The van der Waals surface area contributed by atoms with Gasteiger partial charge in [0, 0.05) is 35.9 Å². The molecule has 21 heavy (non-hydrogen) atoms. The first-order valence-electron chi connectivity index (χ1n) is 6.52. The molecule has 2 rings (SSSR count). The third-order valence-corrected chi connectivity index (χ3v) is 3.62. The highest BCUT2D eigenvalue weighted by molar-refractivity contribution is 7.13. The van der Waals surface area contributed by atoms with Crippen LogP contribution in [-0.4, -0.2) is 40.7 Å². The molecule has 0 bridgehead atoms. The largest absolute Gasteiger partial charge is 0.395 e. The Morgan fingerprint density at radius 3 is 3.05 bits per heavy atom. The third-order valence-electron chi connectivity index (χ3n) is 2.80. The van der Waals surface area contributed by atoms with Gasteiger partial charge in [-0.3, -0.25) is 0 Å². The third kappa shape index (κ3) is 4.14. The Hall–Kier alpha value is -2.18. The van der Waals surface area contributed by atoms with Gasteiger partial charge in [0.05, 0.1) is 6.61 Å². The first kappa shape index (κ1) is 15.2. The number of hydrogen-bond acceptors (Lipinski definition) is 4. The van der Waals surface area contributed by atoms with Gasteiger partial charge in [-0.1, -0.05) is 18.2 Å². The summed E-state index contributed by atoms with van der Waals surface area (Å²) in [7, 11) is 0. The Morgan fingerprint density at radius 2 is 2.38 bits per heavy atom. The lowest BCUT2D eigenvalue weighted by molar-refractivity contribution is 0.195. The van der Waals surface area contributed by atoms with E-state index in [0.29, 0.717) is 12.2 Å². The Kier molecular flexibility index (Phi) is 5.48. The van der Waals surface area contributed by atoms with Crippen LogP contribution in [0.15, 0.2) is 48.5 Å². The van der Waals surface area contributed by atoms with E-state index >= 15 is 0 Å². The van der Waals surface area contributed by atoms with Crippen molar-refractivity contribution in [2.24, 2.45) is 0 Å². The van der Waals surface area contributed by atoms with Crippen LogP contribution in [0.25, 0.3) is 10.6 Å². The second kappa shape index (κ2) is 7.56. The molecule has 1 heterocycles. The number of thiazole rings is 1. The molecule has 0 atom stereocenters. The van der Waals surface area contributed by atoms with Gasteiger partial charge in [0.25, 0.3) is 0 Å². The summed E-state index contributed by atoms with van der Waals surface area (Å²) in [5, 5.41) is 14.6. The number of anilines is 1. The monoisotopic (exact) mass is 303 g/mol. The van der Waals surface area contributed by atoms with Gasteiger partial charge in [-0.25, -0.2) is 9.78 Å². The maximum atomic E-state index is 12.1. The fourth-order valence-corrected chi connectivity index (χ4v) is 2.49. The second-order valence-electron chi connectivity index (χ2n) is 4.31. The molecule has 1 aromatic carbocycles. The Balaban J connectivity index is 2.10. The molecular weight excluding hydrogens is 286 g/mol. The minimum absolute atomic E-state index is 0.0829. The molecule has 2 aromatic rings. The van der Waals surface area contributed by atoms with Gasteiger partial charge in [0.2, 0.25) is 0 Å². The van der Waals surface area contributed by atoms with Crippen molar-refractivity contribution in [3.8, 4) is 10.6 Å². The number of aromatic nitrogens is 1. The van der Waals surface area contributed by atoms with Gasteiger partial charge in [-0.05, 0) is 12.1 Å². The molecule has 0 spiro atoms. The van der Waals surface area contributed by atoms with Crippen LogP contribution < -0.4 is 5.32 Å². The normalized spacial score (nSPS) is 10.1. The van der Waals surface area contributed by atoms with Crippen LogP contribution in [0.1, 0.15) is 0 Å². The molecule has 0 radical (unpaired) electrons. The first-order valence-corrected chi connectivity index (χ1v) is 7.40. The topological polar surface area (TPSA) is 65.5 Å². The number of aliphatic hydroxyl groups is 1. The number of amides is 2. The average molecular weight is 303 g/mol. The fourth-order valence-electron chi connectivity index (χ4n) is 1.85. The van der Waals surface area contributed by atoms with Crippen LogP contribution in [0, 0.1) is 0 Å². The van der Waals surface area contributed by atoms with Gasteiger partial charge in [-0.15, -0.1) is 17.9 Å². The summed E-state index contributed by atoms with van der Waals surface area (Å²) in [4.78, 5) is 17.9. The molecule has 110 valence electrons. The molecule has 0 aliphatic carbocycles. The zero-order valence-corrected chi connectivity index (χ0v) is 12.3. The molecule has 0 aliphatic heterocycles. The smallest absolute Gasteiger partial charge is 0.322 e. The number of rotatable bonds is 6. The summed E-state index contributed by atoms with van der Waals surface area (Å²) >= 11 is 1.55. The first-order chi connectivity index (χ1) is 10.2. The SMILES string of the molecule is C=CCN(CCO)C(=O)Nc1cccc(-c2nccs2)c1. The van der Waals surface area contributed by atoms with Gasteiger partial charge < -0.3 is 15.3 Å². The van der Waals surface area contributed by atoms with Crippen molar-refractivity contribution in [1.29, 1.82) is 0 Å². The second-order valence-corrected chi connectivity index (χ2v) is 5.20. The molecule has 2 amide bonds. The number of nitrogens with zero attached hydrogens (tertiary/aromatic N) is 2. The van der Waals surface area contributed by atoms with Crippen LogP contribution in [0.3, 0.4) is 0 Å². The fraction of sp³-hybridized carbons (Fsp3) is 0.200. The van der Waals surface area contributed by atoms with Crippen LogP contribution in [0.2, 0.25) is 0 Å². The van der Waals surface area contributed by atoms with E-state index in [4.69, 9.17) is 5.11 Å². The minimum Gasteiger partial charge on any atom is -0.395 e. The number of hydrogen-bond donors (Lipinski definition) is 2. The quantitative estimate of drug-likeness (QED) is 0.807. The summed E-state index contributed by atoms with van der Waals surface area (Å²) < 4.78 is 0. The summed E-state index contributed by atoms with van der Waals surface area (Å²) in [5.41, 5.74) is 1.65. The highest BCUT2D eigenvalue weighted by Gasteiger charge is 2.12. The van der Waals surface area contributed by atoms with Crippen molar-refractivity contribution in [1.82, 2.24) is 9.88 Å².